The SMILES string of the molecule is O=C(Nc1ccc(Oc2ccccc2)cc1)C1C(=O)N[C@@H]2CCC[C@@H]2C1=O. The van der Waals surface area contributed by atoms with Gasteiger partial charge in [0.05, 0.1) is 0 Å². The number of amides is 2. The number of ether oxygens (including phenoxy) is 1. The lowest BCUT2D eigenvalue weighted by atomic mass is 9.84. The van der Waals surface area contributed by atoms with E-state index < -0.39 is 17.7 Å². The molecule has 1 aliphatic carbocycles. The number of piperidine rings is 1. The van der Waals surface area contributed by atoms with E-state index in [0.717, 1.165) is 19.3 Å². The lowest BCUT2D eigenvalue weighted by Crippen LogP contribution is -2.56. The van der Waals surface area contributed by atoms with Gasteiger partial charge in [-0.25, -0.2) is 0 Å². The second-order valence-corrected chi connectivity index (χ2v) is 6.92. The minimum absolute atomic E-state index is 0.108. The Morgan fingerprint density at radius 1 is 0.963 bits per heavy atom. The Morgan fingerprint density at radius 3 is 2.41 bits per heavy atom. The molecule has 1 unspecified atom stereocenters. The number of carbonyl (C=O) groups is 3. The van der Waals surface area contributed by atoms with Crippen LogP contribution in [0.3, 0.4) is 0 Å². The van der Waals surface area contributed by atoms with Crippen molar-refractivity contribution < 1.29 is 19.1 Å². The van der Waals surface area contributed by atoms with E-state index in [1.807, 2.05) is 30.3 Å². The van der Waals surface area contributed by atoms with E-state index in [1.54, 1.807) is 24.3 Å². The van der Waals surface area contributed by atoms with Crippen LogP contribution in [0.4, 0.5) is 5.69 Å². The molecule has 1 aliphatic heterocycles. The average molecular weight is 364 g/mol. The average Bonchev–Trinajstić information content (AvgIpc) is 3.13. The number of hydrogen-bond donors (Lipinski definition) is 2. The maximum Gasteiger partial charge on any atom is 0.244 e. The molecule has 2 fully saturated rings. The van der Waals surface area contributed by atoms with Crippen molar-refractivity contribution in [3.63, 3.8) is 0 Å². The number of fused-ring (bicyclic) bond motifs is 1. The molecule has 0 aromatic heterocycles. The Morgan fingerprint density at radius 2 is 1.67 bits per heavy atom. The third-order valence-electron chi connectivity index (χ3n) is 5.12. The monoisotopic (exact) mass is 364 g/mol. The van der Waals surface area contributed by atoms with Gasteiger partial charge in [-0.2, -0.15) is 0 Å². The Bertz CT molecular complexity index is 864. The van der Waals surface area contributed by atoms with Crippen LogP contribution >= 0.6 is 0 Å². The molecule has 138 valence electrons. The van der Waals surface area contributed by atoms with Crippen molar-refractivity contribution in [3.05, 3.63) is 54.6 Å². The summed E-state index contributed by atoms with van der Waals surface area (Å²) in [6.45, 7) is 0. The molecule has 6 heteroatoms. The van der Waals surface area contributed by atoms with Gasteiger partial charge in [0.1, 0.15) is 11.5 Å². The Hall–Kier alpha value is -3.15. The van der Waals surface area contributed by atoms with E-state index in [4.69, 9.17) is 4.74 Å². The second kappa shape index (κ2) is 7.23. The molecule has 0 bridgehead atoms. The van der Waals surface area contributed by atoms with E-state index in [9.17, 15) is 14.4 Å². The van der Waals surface area contributed by atoms with Crippen LogP contribution in [0.5, 0.6) is 11.5 Å². The highest BCUT2D eigenvalue weighted by Crippen LogP contribution is 2.32. The number of nitrogens with one attached hydrogen (secondary N) is 2. The molecule has 2 amide bonds. The van der Waals surface area contributed by atoms with E-state index in [-0.39, 0.29) is 17.7 Å². The van der Waals surface area contributed by atoms with Gasteiger partial charge in [-0.15, -0.1) is 0 Å². The molecule has 1 heterocycles. The summed E-state index contributed by atoms with van der Waals surface area (Å²) in [4.78, 5) is 37.3. The smallest absolute Gasteiger partial charge is 0.244 e. The second-order valence-electron chi connectivity index (χ2n) is 6.92. The van der Waals surface area contributed by atoms with E-state index in [2.05, 4.69) is 10.6 Å². The van der Waals surface area contributed by atoms with Crippen molar-refractivity contribution >= 4 is 23.3 Å². The Balaban J connectivity index is 1.42. The highest BCUT2D eigenvalue weighted by atomic mass is 16.5. The van der Waals surface area contributed by atoms with Crippen LogP contribution in [0.25, 0.3) is 0 Å². The van der Waals surface area contributed by atoms with E-state index >= 15 is 0 Å². The fourth-order valence-electron chi connectivity index (χ4n) is 3.78. The van der Waals surface area contributed by atoms with Gasteiger partial charge in [-0.1, -0.05) is 24.6 Å². The first-order valence-electron chi connectivity index (χ1n) is 9.10. The van der Waals surface area contributed by atoms with Gasteiger partial charge in [0, 0.05) is 17.6 Å². The first kappa shape index (κ1) is 17.3. The number of carbonyl (C=O) groups excluding carboxylic acids is 3. The van der Waals surface area contributed by atoms with Crippen LogP contribution in [0, 0.1) is 11.8 Å². The van der Waals surface area contributed by atoms with E-state index in [1.165, 1.54) is 0 Å². The number of anilines is 1. The lowest BCUT2D eigenvalue weighted by Gasteiger charge is -2.30. The van der Waals surface area contributed by atoms with Crippen LogP contribution in [0.2, 0.25) is 0 Å². The molecule has 6 nitrogen and oxygen atoms in total. The fraction of sp³-hybridized carbons (Fsp3) is 0.286. The molecule has 0 spiro atoms. The predicted molar refractivity (Wildman–Crippen MR) is 99.4 cm³/mol. The number of hydrogen-bond acceptors (Lipinski definition) is 4. The number of para-hydroxylation sites is 1. The number of Topliss-reactive ketones (excluding diaryl/α,β-unsaturated/α-hetero) is 1. The van der Waals surface area contributed by atoms with Gasteiger partial charge >= 0.3 is 0 Å². The van der Waals surface area contributed by atoms with Crippen LogP contribution in [0.15, 0.2) is 54.6 Å². The zero-order valence-corrected chi connectivity index (χ0v) is 14.7. The van der Waals surface area contributed by atoms with Gasteiger partial charge < -0.3 is 15.4 Å². The topological polar surface area (TPSA) is 84.5 Å². The molecule has 2 aromatic rings. The largest absolute Gasteiger partial charge is 0.457 e. The maximum atomic E-state index is 12.6. The van der Waals surface area contributed by atoms with Crippen LogP contribution in [0.1, 0.15) is 19.3 Å². The van der Waals surface area contributed by atoms with Crippen molar-refractivity contribution in [1.29, 1.82) is 0 Å². The van der Waals surface area contributed by atoms with E-state index in [0.29, 0.717) is 17.2 Å². The summed E-state index contributed by atoms with van der Waals surface area (Å²) in [6, 6.07) is 16.1. The summed E-state index contributed by atoms with van der Waals surface area (Å²) in [5, 5.41) is 5.49. The van der Waals surface area contributed by atoms with Crippen molar-refractivity contribution in [3.8, 4) is 11.5 Å². The number of benzene rings is 2. The molecule has 2 N–H and O–H groups in total. The molecular weight excluding hydrogens is 344 g/mol. The minimum atomic E-state index is -1.27. The van der Waals surface area contributed by atoms with Crippen LogP contribution in [-0.4, -0.2) is 23.6 Å². The molecule has 1 saturated heterocycles. The highest BCUT2D eigenvalue weighted by molar-refractivity contribution is 6.23. The molecule has 2 aliphatic rings. The molecule has 3 atom stereocenters. The molecule has 27 heavy (non-hydrogen) atoms. The normalized spacial score (nSPS) is 24.1. The van der Waals surface area contributed by atoms with Gasteiger partial charge in [0.2, 0.25) is 11.8 Å². The lowest BCUT2D eigenvalue weighted by molar-refractivity contribution is -0.145. The summed E-state index contributed by atoms with van der Waals surface area (Å²) in [5.74, 6) is -1.51. The van der Waals surface area contributed by atoms with Gasteiger partial charge in [-0.3, -0.25) is 14.4 Å². The third-order valence-corrected chi connectivity index (χ3v) is 5.12. The minimum Gasteiger partial charge on any atom is -0.457 e. The predicted octanol–water partition coefficient (Wildman–Crippen LogP) is 2.90. The van der Waals surface area contributed by atoms with Gasteiger partial charge in [-0.05, 0) is 49.2 Å². The zero-order chi connectivity index (χ0) is 18.8. The first-order chi connectivity index (χ1) is 13.1. The third kappa shape index (κ3) is 3.56. The standard InChI is InChI=1S/C21H20N2O4/c24-19-16-7-4-8-17(16)23-21(26)18(19)20(25)22-13-9-11-15(12-10-13)27-14-5-2-1-3-6-14/h1-3,5-6,9-12,16-18H,4,7-8H2,(H,22,25)(H,23,26)/t16-,17+,18?/m0/s1. The number of ketones is 1. The number of rotatable bonds is 4. The zero-order valence-electron chi connectivity index (χ0n) is 14.7. The maximum absolute atomic E-state index is 12.6. The van der Waals surface area contributed by atoms with Crippen LogP contribution < -0.4 is 15.4 Å². The Kier molecular flexibility index (Phi) is 4.62. The summed E-state index contributed by atoms with van der Waals surface area (Å²) in [7, 11) is 0. The highest BCUT2D eigenvalue weighted by Gasteiger charge is 2.48. The Labute approximate surface area is 156 Å². The molecule has 4 rings (SSSR count). The quantitative estimate of drug-likeness (QED) is 0.817. The van der Waals surface area contributed by atoms with Crippen molar-refractivity contribution in [2.45, 2.75) is 25.3 Å². The molecule has 2 aromatic carbocycles. The summed E-state index contributed by atoms with van der Waals surface area (Å²) >= 11 is 0. The summed E-state index contributed by atoms with van der Waals surface area (Å²) in [6.07, 6.45) is 2.44. The molecule has 1 saturated carbocycles. The van der Waals surface area contributed by atoms with Gasteiger partial charge in [0.15, 0.2) is 11.7 Å². The van der Waals surface area contributed by atoms with Crippen molar-refractivity contribution in [2.24, 2.45) is 11.8 Å². The summed E-state index contributed by atoms with van der Waals surface area (Å²) in [5.41, 5.74) is 0.509. The fourth-order valence-corrected chi connectivity index (χ4v) is 3.78. The first-order valence-corrected chi connectivity index (χ1v) is 9.10. The summed E-state index contributed by atoms with van der Waals surface area (Å²) < 4.78 is 5.71. The van der Waals surface area contributed by atoms with Crippen molar-refractivity contribution in [1.82, 2.24) is 5.32 Å². The van der Waals surface area contributed by atoms with Crippen molar-refractivity contribution in [2.75, 3.05) is 5.32 Å². The van der Waals surface area contributed by atoms with Gasteiger partial charge in [0.25, 0.3) is 0 Å². The van der Waals surface area contributed by atoms with Crippen LogP contribution in [-0.2, 0) is 14.4 Å². The molecule has 0 radical (unpaired) electrons. The molecular formula is C21H20N2O4.